The summed E-state index contributed by atoms with van der Waals surface area (Å²) in [6.45, 7) is 2.46. The molecule has 0 saturated heterocycles. The molecule has 0 radical (unpaired) electrons. The van der Waals surface area contributed by atoms with Gasteiger partial charge in [0.25, 0.3) is 0 Å². The van der Waals surface area contributed by atoms with E-state index in [-0.39, 0.29) is 0 Å². The van der Waals surface area contributed by atoms with Crippen LogP contribution >= 0.6 is 22.9 Å². The van der Waals surface area contributed by atoms with Crippen LogP contribution in [0.5, 0.6) is 0 Å². The van der Waals surface area contributed by atoms with Crippen molar-refractivity contribution >= 4 is 28.8 Å². The van der Waals surface area contributed by atoms with Crippen LogP contribution in [-0.4, -0.2) is 14.8 Å². The molecule has 0 spiro atoms. The summed E-state index contributed by atoms with van der Waals surface area (Å²) in [6.07, 6.45) is 1.80. The second kappa shape index (κ2) is 3.59. The van der Waals surface area contributed by atoms with Gasteiger partial charge >= 0.3 is 0 Å². The van der Waals surface area contributed by atoms with Gasteiger partial charge in [-0.3, -0.25) is 4.98 Å². The van der Waals surface area contributed by atoms with E-state index in [0.717, 1.165) is 10.6 Å². The molecule has 2 rings (SSSR count). The number of nitrogens with zero attached hydrogens (tertiary/aromatic N) is 3. The first-order chi connectivity index (χ1) is 6.68. The molecule has 0 amide bonds. The monoisotopic (exact) mass is 228 g/mol. The van der Waals surface area contributed by atoms with Gasteiger partial charge in [0.05, 0.1) is 17.7 Å². The van der Waals surface area contributed by atoms with Crippen molar-refractivity contribution in [2.75, 3.05) is 5.73 Å². The van der Waals surface area contributed by atoms with Crippen LogP contribution < -0.4 is 5.73 Å². The van der Waals surface area contributed by atoms with Gasteiger partial charge in [0, 0.05) is 11.1 Å². The van der Waals surface area contributed by atoms with E-state index in [9.17, 15) is 0 Å². The Morgan fingerprint density at radius 2 is 2.43 bits per heavy atom. The highest BCUT2D eigenvalue weighted by Gasteiger charge is 2.10. The first-order valence-corrected chi connectivity index (χ1v) is 5.30. The first kappa shape index (κ1) is 9.48. The van der Waals surface area contributed by atoms with Crippen molar-refractivity contribution < 1.29 is 0 Å². The Bertz CT molecular complexity index is 434. The lowest BCUT2D eigenvalue weighted by Crippen LogP contribution is -2.04. The molecule has 0 fully saturated rings. The Kier molecular flexibility index (Phi) is 2.43. The molecular formula is C8H9ClN4S. The van der Waals surface area contributed by atoms with Crippen molar-refractivity contribution in [3.8, 4) is 0 Å². The molecule has 2 heterocycles. The second-order valence-electron chi connectivity index (χ2n) is 2.91. The van der Waals surface area contributed by atoms with E-state index in [1.165, 1.54) is 0 Å². The van der Waals surface area contributed by atoms with Gasteiger partial charge in [-0.05, 0) is 6.92 Å². The summed E-state index contributed by atoms with van der Waals surface area (Å²) >= 11 is 7.49. The molecular weight excluding hydrogens is 220 g/mol. The zero-order valence-electron chi connectivity index (χ0n) is 7.57. The summed E-state index contributed by atoms with van der Waals surface area (Å²) in [7, 11) is 0. The van der Waals surface area contributed by atoms with Gasteiger partial charge in [0.2, 0.25) is 0 Å². The van der Waals surface area contributed by atoms with E-state index in [1.54, 1.807) is 27.7 Å². The first-order valence-electron chi connectivity index (χ1n) is 4.04. The fourth-order valence-corrected chi connectivity index (χ4v) is 1.88. The van der Waals surface area contributed by atoms with E-state index in [1.807, 2.05) is 6.92 Å². The minimum atomic E-state index is 0.512. The zero-order valence-corrected chi connectivity index (χ0v) is 9.14. The standard InChI is InChI=1S/C8H9ClN4S/c1-5-7(9)8(10)13(12-5)3-6-2-11-4-14-6/h2,4H,3,10H2,1H3. The molecule has 74 valence electrons. The molecule has 2 aromatic rings. The number of halogens is 1. The number of rotatable bonds is 2. The largest absolute Gasteiger partial charge is 0.383 e. The van der Waals surface area contributed by atoms with Crippen LogP contribution in [0, 0.1) is 6.92 Å². The number of aromatic nitrogens is 3. The van der Waals surface area contributed by atoms with E-state index in [4.69, 9.17) is 17.3 Å². The number of hydrogen-bond acceptors (Lipinski definition) is 4. The van der Waals surface area contributed by atoms with Crippen molar-refractivity contribution in [3.05, 3.63) is 27.3 Å². The van der Waals surface area contributed by atoms with Crippen LogP contribution in [0.1, 0.15) is 10.6 Å². The normalized spacial score (nSPS) is 10.7. The Labute approximate surface area is 90.3 Å². The van der Waals surface area contributed by atoms with Crippen LogP contribution in [0.2, 0.25) is 5.02 Å². The summed E-state index contributed by atoms with van der Waals surface area (Å²) in [5.41, 5.74) is 8.31. The molecule has 0 aliphatic carbocycles. The second-order valence-corrected chi connectivity index (χ2v) is 4.26. The maximum Gasteiger partial charge on any atom is 0.141 e. The molecule has 0 aromatic carbocycles. The number of anilines is 1. The van der Waals surface area contributed by atoms with Crippen LogP contribution in [-0.2, 0) is 6.54 Å². The molecule has 0 aliphatic rings. The van der Waals surface area contributed by atoms with Crippen molar-refractivity contribution in [1.29, 1.82) is 0 Å². The minimum absolute atomic E-state index is 0.512. The molecule has 2 aromatic heterocycles. The average Bonchev–Trinajstić information content (AvgIpc) is 2.73. The molecule has 0 saturated carbocycles. The highest BCUT2D eigenvalue weighted by molar-refractivity contribution is 7.09. The van der Waals surface area contributed by atoms with Crippen molar-refractivity contribution in [1.82, 2.24) is 14.8 Å². The van der Waals surface area contributed by atoms with Gasteiger partial charge in [-0.2, -0.15) is 5.10 Å². The summed E-state index contributed by atoms with van der Waals surface area (Å²) in [5.74, 6) is 0.512. The SMILES string of the molecule is Cc1nn(Cc2cncs2)c(N)c1Cl. The topological polar surface area (TPSA) is 56.7 Å². The van der Waals surface area contributed by atoms with E-state index in [0.29, 0.717) is 17.4 Å². The molecule has 2 N–H and O–H groups in total. The van der Waals surface area contributed by atoms with Crippen LogP contribution in [0.4, 0.5) is 5.82 Å². The van der Waals surface area contributed by atoms with E-state index in [2.05, 4.69) is 10.1 Å². The Hall–Kier alpha value is -1.07. The average molecular weight is 229 g/mol. The molecule has 0 atom stereocenters. The Morgan fingerprint density at radius 1 is 1.64 bits per heavy atom. The molecule has 4 nitrogen and oxygen atoms in total. The number of aryl methyl sites for hydroxylation is 1. The van der Waals surface area contributed by atoms with Gasteiger partial charge in [-0.1, -0.05) is 11.6 Å². The fourth-order valence-electron chi connectivity index (χ4n) is 1.17. The third-order valence-electron chi connectivity index (χ3n) is 1.88. The predicted octanol–water partition coefficient (Wildman–Crippen LogP) is 1.93. The molecule has 0 bridgehead atoms. The summed E-state index contributed by atoms with van der Waals surface area (Å²) in [6, 6.07) is 0. The smallest absolute Gasteiger partial charge is 0.141 e. The van der Waals surface area contributed by atoms with Gasteiger partial charge in [0.15, 0.2) is 0 Å². The van der Waals surface area contributed by atoms with Crippen molar-refractivity contribution in [2.24, 2.45) is 0 Å². The van der Waals surface area contributed by atoms with Crippen LogP contribution in [0.15, 0.2) is 11.7 Å². The maximum atomic E-state index is 5.92. The van der Waals surface area contributed by atoms with Gasteiger partial charge < -0.3 is 5.73 Å². The molecule has 0 unspecified atom stereocenters. The van der Waals surface area contributed by atoms with Gasteiger partial charge in [-0.25, -0.2) is 4.68 Å². The van der Waals surface area contributed by atoms with E-state index < -0.39 is 0 Å². The molecule has 6 heteroatoms. The van der Waals surface area contributed by atoms with Gasteiger partial charge in [-0.15, -0.1) is 11.3 Å². The number of nitrogens with two attached hydrogens (primary N) is 1. The van der Waals surface area contributed by atoms with Crippen LogP contribution in [0.25, 0.3) is 0 Å². The summed E-state index contributed by atoms with van der Waals surface area (Å²) in [5, 5.41) is 4.76. The lowest BCUT2D eigenvalue weighted by atomic mass is 10.5. The number of nitrogen functional groups attached to an aromatic ring is 1. The van der Waals surface area contributed by atoms with Gasteiger partial charge in [0.1, 0.15) is 10.8 Å². The molecule has 0 aliphatic heterocycles. The Morgan fingerprint density at radius 3 is 2.93 bits per heavy atom. The minimum Gasteiger partial charge on any atom is -0.383 e. The lowest BCUT2D eigenvalue weighted by Gasteiger charge is -2.00. The van der Waals surface area contributed by atoms with E-state index >= 15 is 0 Å². The zero-order chi connectivity index (χ0) is 10.1. The van der Waals surface area contributed by atoms with Crippen LogP contribution in [0.3, 0.4) is 0 Å². The Balaban J connectivity index is 2.30. The lowest BCUT2D eigenvalue weighted by molar-refractivity contribution is 0.696. The van der Waals surface area contributed by atoms with Crippen molar-refractivity contribution in [2.45, 2.75) is 13.5 Å². The number of thiazole rings is 1. The van der Waals surface area contributed by atoms with Crippen molar-refractivity contribution in [3.63, 3.8) is 0 Å². The quantitative estimate of drug-likeness (QED) is 0.855. The highest BCUT2D eigenvalue weighted by atomic mass is 35.5. The predicted molar refractivity (Wildman–Crippen MR) is 57.6 cm³/mol. The highest BCUT2D eigenvalue weighted by Crippen LogP contribution is 2.23. The molecule has 14 heavy (non-hydrogen) atoms. The third kappa shape index (κ3) is 1.60. The third-order valence-corrected chi connectivity index (χ3v) is 3.11. The number of hydrogen-bond donors (Lipinski definition) is 1. The summed E-state index contributed by atoms with van der Waals surface area (Å²) < 4.78 is 1.69. The fraction of sp³-hybridized carbons (Fsp3) is 0.250. The maximum absolute atomic E-state index is 5.92. The summed E-state index contributed by atoms with van der Waals surface area (Å²) in [4.78, 5) is 5.09.